The number of amides is 1. The number of nitriles is 1. The molecule has 7 nitrogen and oxygen atoms in total. The van der Waals surface area contributed by atoms with Gasteiger partial charge in [-0.2, -0.15) is 10.4 Å². The van der Waals surface area contributed by atoms with Gasteiger partial charge in [-0.1, -0.05) is 52.3 Å². The van der Waals surface area contributed by atoms with Crippen LogP contribution in [0, 0.1) is 25.2 Å². The molecule has 2 aromatic heterocycles. The van der Waals surface area contributed by atoms with Gasteiger partial charge in [0.1, 0.15) is 11.2 Å². The first-order valence-corrected chi connectivity index (χ1v) is 13.0. The number of aromatic nitrogens is 3. The Morgan fingerprint density at radius 1 is 1.03 bits per heavy atom. The third-order valence-corrected chi connectivity index (χ3v) is 8.08. The molecule has 2 aliphatic rings. The van der Waals surface area contributed by atoms with Gasteiger partial charge in [0.2, 0.25) is 5.91 Å². The van der Waals surface area contributed by atoms with Crippen molar-refractivity contribution < 1.29 is 4.79 Å². The highest BCUT2D eigenvalue weighted by atomic mass is 79.9. The summed E-state index contributed by atoms with van der Waals surface area (Å²) in [7, 11) is 0. The van der Waals surface area contributed by atoms with Gasteiger partial charge in [0, 0.05) is 44.0 Å². The number of nitrogens with one attached hydrogen (secondary N) is 3. The molecule has 3 N–H and O–H groups in total. The van der Waals surface area contributed by atoms with Crippen molar-refractivity contribution in [3.8, 4) is 11.8 Å². The van der Waals surface area contributed by atoms with Crippen LogP contribution in [0.5, 0.6) is 0 Å². The van der Waals surface area contributed by atoms with E-state index in [4.69, 9.17) is 5.10 Å². The third kappa shape index (κ3) is 2.82. The van der Waals surface area contributed by atoms with E-state index in [-0.39, 0.29) is 5.91 Å². The number of anilines is 2. The summed E-state index contributed by atoms with van der Waals surface area (Å²) < 4.78 is 2.64. The van der Waals surface area contributed by atoms with Crippen molar-refractivity contribution in [2.75, 3.05) is 10.6 Å². The molecule has 0 saturated heterocycles. The molecule has 4 heterocycles. The molecule has 1 unspecified atom stereocenters. The molecule has 7 rings (SSSR count). The van der Waals surface area contributed by atoms with Crippen LogP contribution in [0.2, 0.25) is 0 Å². The Hall–Kier alpha value is -4.61. The molecule has 2 aliphatic heterocycles. The summed E-state index contributed by atoms with van der Waals surface area (Å²) in [5.41, 5.74) is 6.02. The zero-order chi connectivity index (χ0) is 26.2. The van der Waals surface area contributed by atoms with Gasteiger partial charge in [-0.15, -0.1) is 0 Å². The largest absolute Gasteiger partial charge is 0.360 e. The predicted molar refractivity (Wildman–Crippen MR) is 151 cm³/mol. The number of para-hydroxylation sites is 2. The first kappa shape index (κ1) is 22.6. The number of halogens is 1. The number of H-pyrrole nitrogens is 1. The Morgan fingerprint density at radius 2 is 1.84 bits per heavy atom. The van der Waals surface area contributed by atoms with Crippen LogP contribution in [0.4, 0.5) is 11.5 Å². The van der Waals surface area contributed by atoms with Gasteiger partial charge >= 0.3 is 0 Å². The maximum atomic E-state index is 14.2. The van der Waals surface area contributed by atoms with E-state index in [2.05, 4.69) is 37.6 Å². The highest BCUT2D eigenvalue weighted by Gasteiger charge is 2.58. The van der Waals surface area contributed by atoms with Crippen LogP contribution < -0.4 is 10.6 Å². The molecule has 0 aliphatic carbocycles. The number of aromatic amines is 1. The lowest BCUT2D eigenvalue weighted by molar-refractivity contribution is -0.118. The molecule has 8 heteroatoms. The topological polar surface area (TPSA) is 98.5 Å². The number of nitrogens with zero attached hydrogens (tertiary/aromatic N) is 3. The molecule has 5 aromatic rings. The molecule has 1 atom stereocenters. The zero-order valence-corrected chi connectivity index (χ0v) is 22.1. The number of rotatable bonds is 2. The Labute approximate surface area is 226 Å². The van der Waals surface area contributed by atoms with Crippen molar-refractivity contribution in [1.82, 2.24) is 14.8 Å². The van der Waals surface area contributed by atoms with E-state index in [1.54, 1.807) is 0 Å². The number of aryl methyl sites for hydroxylation is 2. The Bertz CT molecular complexity index is 1890. The number of fused-ring (bicyclic) bond motifs is 5. The summed E-state index contributed by atoms with van der Waals surface area (Å²) in [6, 6.07) is 24.0. The van der Waals surface area contributed by atoms with E-state index < -0.39 is 5.41 Å². The lowest BCUT2D eigenvalue weighted by Gasteiger charge is -2.34. The number of benzene rings is 3. The molecular formula is C30H21BrN6O. The highest BCUT2D eigenvalue weighted by molar-refractivity contribution is 9.10. The van der Waals surface area contributed by atoms with Gasteiger partial charge in [-0.3, -0.25) is 4.79 Å². The van der Waals surface area contributed by atoms with Crippen LogP contribution >= 0.6 is 15.9 Å². The average Bonchev–Trinajstić information content (AvgIpc) is 3.58. The normalized spacial score (nSPS) is 17.8. The van der Waals surface area contributed by atoms with Crippen molar-refractivity contribution in [2.24, 2.45) is 0 Å². The molecule has 38 heavy (non-hydrogen) atoms. The second-order valence-electron chi connectivity index (χ2n) is 9.64. The molecule has 184 valence electrons. The van der Waals surface area contributed by atoms with Crippen LogP contribution in [-0.2, 0) is 10.2 Å². The van der Waals surface area contributed by atoms with E-state index in [0.717, 1.165) is 37.8 Å². The van der Waals surface area contributed by atoms with E-state index in [0.29, 0.717) is 34.0 Å². The van der Waals surface area contributed by atoms with Crippen LogP contribution in [0.25, 0.3) is 22.3 Å². The molecule has 0 bridgehead atoms. The summed E-state index contributed by atoms with van der Waals surface area (Å²) >= 11 is 3.59. The van der Waals surface area contributed by atoms with Crippen LogP contribution in [-0.4, -0.2) is 20.7 Å². The van der Waals surface area contributed by atoms with Gasteiger partial charge in [0.05, 0.1) is 28.7 Å². The molecule has 3 aromatic carbocycles. The smallest absolute Gasteiger partial charge is 0.245 e. The van der Waals surface area contributed by atoms with Crippen molar-refractivity contribution in [2.45, 2.75) is 19.3 Å². The minimum atomic E-state index is -1.38. The number of carbonyl (C=O) groups is 1. The fraction of sp³-hybridized carbons (Fsp3) is 0.100. The molecule has 0 saturated carbocycles. The second-order valence-corrected chi connectivity index (χ2v) is 10.6. The molecule has 1 amide bonds. The van der Waals surface area contributed by atoms with E-state index in [9.17, 15) is 10.1 Å². The van der Waals surface area contributed by atoms with Crippen molar-refractivity contribution in [3.05, 3.63) is 111 Å². The van der Waals surface area contributed by atoms with Crippen LogP contribution in [0.15, 0.2) is 83.0 Å². The third-order valence-electron chi connectivity index (χ3n) is 7.58. The fourth-order valence-electron chi connectivity index (χ4n) is 5.97. The molecule has 0 fully saturated rings. The van der Waals surface area contributed by atoms with E-state index >= 15 is 0 Å². The molecule has 0 radical (unpaired) electrons. The summed E-state index contributed by atoms with van der Waals surface area (Å²) in [6.45, 7) is 3.93. The minimum absolute atomic E-state index is 0.269. The maximum absolute atomic E-state index is 14.2. The lowest BCUT2D eigenvalue weighted by atomic mass is 9.67. The summed E-state index contributed by atoms with van der Waals surface area (Å²) in [5.74, 6) is 0.391. The first-order valence-electron chi connectivity index (χ1n) is 12.2. The fourth-order valence-corrected chi connectivity index (χ4v) is 6.33. The van der Waals surface area contributed by atoms with Crippen molar-refractivity contribution in [1.29, 1.82) is 5.26 Å². The highest BCUT2D eigenvalue weighted by Crippen LogP contribution is 2.56. The minimum Gasteiger partial charge on any atom is -0.360 e. The van der Waals surface area contributed by atoms with Gasteiger partial charge in [-0.25, -0.2) is 4.68 Å². The Balaban J connectivity index is 1.63. The standard InChI is InChI=1S/C30H21BrN6O/c1-16-7-6-10-20-21(15-33-26(16)20)27-23(14-32)30(22-13-18(31)11-12-24(22)34-29(30)38)25-17(2)36-37(28(25)35-27)19-8-4-3-5-9-19/h3-13,15,33,35H,1-2H3,(H,34,38). The quantitative estimate of drug-likeness (QED) is 0.235. The zero-order valence-electron chi connectivity index (χ0n) is 20.6. The Morgan fingerprint density at radius 3 is 2.63 bits per heavy atom. The van der Waals surface area contributed by atoms with E-state index in [1.165, 1.54) is 0 Å². The van der Waals surface area contributed by atoms with Gasteiger partial charge in [0.15, 0.2) is 0 Å². The Kier molecular flexibility index (Phi) is 4.72. The SMILES string of the molecule is Cc1nn(-c2ccccc2)c2c1C1(C(=O)Nc3ccc(Br)cc31)C(C#N)=C(c1c[nH]c3c(C)cccc13)N2. The average molecular weight is 561 g/mol. The molecule has 1 spiro atoms. The second kappa shape index (κ2) is 7.94. The number of carbonyl (C=O) groups excluding carboxylic acids is 1. The number of hydrogen-bond acceptors (Lipinski definition) is 4. The van der Waals surface area contributed by atoms with Crippen LogP contribution in [0.3, 0.4) is 0 Å². The van der Waals surface area contributed by atoms with Gasteiger partial charge < -0.3 is 15.6 Å². The molecular weight excluding hydrogens is 540 g/mol. The summed E-state index contributed by atoms with van der Waals surface area (Å²) in [6.07, 6.45) is 1.90. The van der Waals surface area contributed by atoms with Crippen molar-refractivity contribution in [3.63, 3.8) is 0 Å². The lowest BCUT2D eigenvalue weighted by Crippen LogP contribution is -2.42. The van der Waals surface area contributed by atoms with Gasteiger partial charge in [0.25, 0.3) is 0 Å². The predicted octanol–water partition coefficient (Wildman–Crippen LogP) is 6.33. The summed E-state index contributed by atoms with van der Waals surface area (Å²) in [5, 5.41) is 23.3. The van der Waals surface area contributed by atoms with Crippen LogP contribution in [0.1, 0.15) is 27.9 Å². The van der Waals surface area contributed by atoms with Crippen molar-refractivity contribution >= 4 is 49.9 Å². The summed E-state index contributed by atoms with van der Waals surface area (Å²) in [4.78, 5) is 17.6. The maximum Gasteiger partial charge on any atom is 0.245 e. The monoisotopic (exact) mass is 560 g/mol. The first-order chi connectivity index (χ1) is 18.4. The van der Waals surface area contributed by atoms with E-state index in [1.807, 2.05) is 91.5 Å². The number of hydrogen-bond donors (Lipinski definition) is 3. The van der Waals surface area contributed by atoms with Gasteiger partial charge in [-0.05, 0) is 49.7 Å².